The highest BCUT2D eigenvalue weighted by Crippen LogP contribution is 2.30. The van der Waals surface area contributed by atoms with E-state index in [9.17, 15) is 14.0 Å². The average molecular weight is 279 g/mol. The van der Waals surface area contributed by atoms with Crippen molar-refractivity contribution < 1.29 is 18.7 Å². The number of amides is 3. The third-order valence-electron chi connectivity index (χ3n) is 3.34. The molecule has 7 heteroatoms. The number of urea groups is 1. The second-order valence-electron chi connectivity index (χ2n) is 4.68. The number of nitrogens with zero attached hydrogens (tertiary/aromatic N) is 2. The summed E-state index contributed by atoms with van der Waals surface area (Å²) in [5.74, 6) is -0.731. The molecule has 1 fully saturated rings. The van der Waals surface area contributed by atoms with E-state index < -0.39 is 5.82 Å². The minimum atomic E-state index is -0.445. The highest BCUT2D eigenvalue weighted by atomic mass is 19.1. The van der Waals surface area contributed by atoms with Crippen LogP contribution in [-0.2, 0) is 9.53 Å². The minimum absolute atomic E-state index is 0.105. The molecule has 3 amide bonds. The SMILES string of the molecule is O=C1CN(C(=O)N2CCOCC2)c2cc(F)ccc2N1. The van der Waals surface area contributed by atoms with Crippen molar-refractivity contribution in [2.24, 2.45) is 0 Å². The number of morpholine rings is 1. The van der Waals surface area contributed by atoms with Crippen LogP contribution < -0.4 is 10.2 Å². The lowest BCUT2D eigenvalue weighted by Crippen LogP contribution is -2.52. The molecule has 0 aromatic heterocycles. The van der Waals surface area contributed by atoms with Crippen LogP contribution in [0.3, 0.4) is 0 Å². The van der Waals surface area contributed by atoms with Gasteiger partial charge in [0.2, 0.25) is 5.91 Å². The van der Waals surface area contributed by atoms with E-state index in [2.05, 4.69) is 5.32 Å². The van der Waals surface area contributed by atoms with Crippen molar-refractivity contribution in [2.45, 2.75) is 0 Å². The third-order valence-corrected chi connectivity index (χ3v) is 3.34. The fourth-order valence-corrected chi connectivity index (χ4v) is 2.35. The average Bonchev–Trinajstić information content (AvgIpc) is 2.47. The zero-order chi connectivity index (χ0) is 14.1. The molecule has 1 aromatic carbocycles. The third kappa shape index (κ3) is 2.32. The summed E-state index contributed by atoms with van der Waals surface area (Å²) in [6, 6.07) is 3.67. The first-order valence-electron chi connectivity index (χ1n) is 6.39. The van der Waals surface area contributed by atoms with Crippen molar-refractivity contribution in [1.29, 1.82) is 0 Å². The fourth-order valence-electron chi connectivity index (χ4n) is 2.35. The van der Waals surface area contributed by atoms with Gasteiger partial charge in [-0.2, -0.15) is 0 Å². The van der Waals surface area contributed by atoms with E-state index in [4.69, 9.17) is 4.74 Å². The van der Waals surface area contributed by atoms with Gasteiger partial charge >= 0.3 is 6.03 Å². The Morgan fingerprint density at radius 3 is 2.80 bits per heavy atom. The van der Waals surface area contributed by atoms with E-state index in [1.807, 2.05) is 0 Å². The highest BCUT2D eigenvalue weighted by Gasteiger charge is 2.31. The van der Waals surface area contributed by atoms with Gasteiger partial charge in [-0.3, -0.25) is 9.69 Å². The Bertz CT molecular complexity index is 558. The Balaban J connectivity index is 1.91. The molecule has 0 unspecified atom stereocenters. The van der Waals surface area contributed by atoms with Crippen molar-refractivity contribution in [3.05, 3.63) is 24.0 Å². The second kappa shape index (κ2) is 5.09. The highest BCUT2D eigenvalue weighted by molar-refractivity contribution is 6.09. The number of benzene rings is 1. The zero-order valence-corrected chi connectivity index (χ0v) is 10.8. The van der Waals surface area contributed by atoms with Gasteiger partial charge in [0.1, 0.15) is 12.4 Å². The Morgan fingerprint density at radius 2 is 2.05 bits per heavy atom. The van der Waals surface area contributed by atoms with E-state index in [0.29, 0.717) is 37.7 Å². The smallest absolute Gasteiger partial charge is 0.325 e. The van der Waals surface area contributed by atoms with Crippen LogP contribution in [0.1, 0.15) is 0 Å². The van der Waals surface area contributed by atoms with Crippen molar-refractivity contribution in [3.63, 3.8) is 0 Å². The van der Waals surface area contributed by atoms with Gasteiger partial charge in [0.05, 0.1) is 24.6 Å². The van der Waals surface area contributed by atoms with Crippen LogP contribution in [0.25, 0.3) is 0 Å². The Hall–Kier alpha value is -2.15. The van der Waals surface area contributed by atoms with Crippen LogP contribution >= 0.6 is 0 Å². The topological polar surface area (TPSA) is 61.9 Å². The molecule has 6 nitrogen and oxygen atoms in total. The standard InChI is InChI=1S/C13H14FN3O3/c14-9-1-2-10-11(7-9)17(8-12(18)15-10)13(19)16-3-5-20-6-4-16/h1-2,7H,3-6,8H2,(H,15,18). The van der Waals surface area contributed by atoms with Gasteiger partial charge in [-0.25, -0.2) is 9.18 Å². The first-order chi connectivity index (χ1) is 9.65. The molecule has 1 N–H and O–H groups in total. The maximum Gasteiger partial charge on any atom is 0.325 e. The number of halogens is 1. The molecule has 0 spiro atoms. The summed E-state index contributed by atoms with van der Waals surface area (Å²) in [4.78, 5) is 27.0. The van der Waals surface area contributed by atoms with Crippen LogP contribution in [0.15, 0.2) is 18.2 Å². The molecule has 20 heavy (non-hydrogen) atoms. The summed E-state index contributed by atoms with van der Waals surface area (Å²) in [6.07, 6.45) is 0. The van der Waals surface area contributed by atoms with Crippen molar-refractivity contribution >= 4 is 23.3 Å². The molecule has 106 valence electrons. The normalized spacial score (nSPS) is 18.6. The molecule has 0 saturated carbocycles. The van der Waals surface area contributed by atoms with Gasteiger partial charge in [0.15, 0.2) is 0 Å². The summed E-state index contributed by atoms with van der Waals surface area (Å²) in [7, 11) is 0. The van der Waals surface area contributed by atoms with E-state index in [1.54, 1.807) is 4.90 Å². The number of fused-ring (bicyclic) bond motifs is 1. The fraction of sp³-hybridized carbons (Fsp3) is 0.385. The first kappa shape index (κ1) is 12.9. The zero-order valence-electron chi connectivity index (χ0n) is 10.8. The lowest BCUT2D eigenvalue weighted by Gasteiger charge is -2.35. The summed E-state index contributed by atoms with van der Waals surface area (Å²) in [5, 5.41) is 2.63. The van der Waals surface area contributed by atoms with E-state index in [-0.39, 0.29) is 18.5 Å². The predicted octanol–water partition coefficient (Wildman–Crippen LogP) is 1.04. The lowest BCUT2D eigenvalue weighted by molar-refractivity contribution is -0.115. The quantitative estimate of drug-likeness (QED) is 0.771. The number of carbonyl (C=O) groups excluding carboxylic acids is 2. The number of nitrogens with one attached hydrogen (secondary N) is 1. The molecule has 0 bridgehead atoms. The van der Waals surface area contributed by atoms with Crippen LogP contribution in [0.2, 0.25) is 0 Å². The molecule has 3 rings (SSSR count). The Labute approximate surface area is 115 Å². The van der Waals surface area contributed by atoms with Crippen LogP contribution in [0.5, 0.6) is 0 Å². The van der Waals surface area contributed by atoms with Crippen molar-refractivity contribution in [2.75, 3.05) is 43.1 Å². The van der Waals surface area contributed by atoms with E-state index in [1.165, 1.54) is 23.1 Å². The molecule has 0 atom stereocenters. The van der Waals surface area contributed by atoms with Crippen LogP contribution in [0.4, 0.5) is 20.6 Å². The van der Waals surface area contributed by atoms with Crippen molar-refractivity contribution in [3.8, 4) is 0 Å². The number of hydrogen-bond donors (Lipinski definition) is 1. The molecule has 1 saturated heterocycles. The summed E-state index contributed by atoms with van der Waals surface area (Å²) >= 11 is 0. The molecule has 0 radical (unpaired) electrons. The molecule has 2 aliphatic rings. The van der Waals surface area contributed by atoms with Gasteiger partial charge in [-0.1, -0.05) is 0 Å². The maximum atomic E-state index is 13.4. The Kier molecular flexibility index (Phi) is 3.27. The first-order valence-corrected chi connectivity index (χ1v) is 6.39. The summed E-state index contributed by atoms with van der Waals surface area (Å²) in [6.45, 7) is 1.79. The number of rotatable bonds is 0. The second-order valence-corrected chi connectivity index (χ2v) is 4.68. The monoisotopic (exact) mass is 279 g/mol. The largest absolute Gasteiger partial charge is 0.378 e. The Morgan fingerprint density at radius 1 is 1.30 bits per heavy atom. The van der Waals surface area contributed by atoms with Gasteiger partial charge in [0.25, 0.3) is 0 Å². The van der Waals surface area contributed by atoms with Gasteiger partial charge in [-0.05, 0) is 18.2 Å². The molecule has 2 aliphatic heterocycles. The number of hydrogen-bond acceptors (Lipinski definition) is 3. The van der Waals surface area contributed by atoms with E-state index >= 15 is 0 Å². The number of anilines is 2. The molecular formula is C13H14FN3O3. The minimum Gasteiger partial charge on any atom is -0.378 e. The van der Waals surface area contributed by atoms with Crippen molar-refractivity contribution in [1.82, 2.24) is 4.90 Å². The summed E-state index contributed by atoms with van der Waals surface area (Å²) < 4.78 is 18.6. The number of ether oxygens (including phenoxy) is 1. The van der Waals surface area contributed by atoms with Gasteiger partial charge in [0, 0.05) is 13.1 Å². The molecule has 0 aliphatic carbocycles. The van der Waals surface area contributed by atoms with Gasteiger partial charge in [-0.15, -0.1) is 0 Å². The predicted molar refractivity (Wildman–Crippen MR) is 70.2 cm³/mol. The summed E-state index contributed by atoms with van der Waals surface area (Å²) in [5.41, 5.74) is 0.838. The maximum absolute atomic E-state index is 13.4. The lowest BCUT2D eigenvalue weighted by atomic mass is 10.2. The molecular weight excluding hydrogens is 265 g/mol. The van der Waals surface area contributed by atoms with E-state index in [0.717, 1.165) is 0 Å². The molecule has 1 aromatic rings. The molecule has 2 heterocycles. The van der Waals surface area contributed by atoms with Gasteiger partial charge < -0.3 is 15.0 Å². The number of carbonyl (C=O) groups is 2. The van der Waals surface area contributed by atoms with Crippen LogP contribution in [-0.4, -0.2) is 49.7 Å². The van der Waals surface area contributed by atoms with Crippen LogP contribution in [0, 0.1) is 5.82 Å².